The minimum atomic E-state index is -0.416. The van der Waals surface area contributed by atoms with Gasteiger partial charge in [-0.05, 0) is 31.2 Å². The molecule has 0 unspecified atom stereocenters. The van der Waals surface area contributed by atoms with E-state index in [1.54, 1.807) is 0 Å². The first kappa shape index (κ1) is 14.0. The van der Waals surface area contributed by atoms with E-state index >= 15 is 0 Å². The lowest BCUT2D eigenvalue weighted by molar-refractivity contribution is 0.000446. The minimum absolute atomic E-state index is 0.198. The fraction of sp³-hybridized carbons (Fsp3) is 0.500. The van der Waals surface area contributed by atoms with Crippen molar-refractivity contribution >= 4 is 5.97 Å². The molecule has 0 saturated carbocycles. The molecule has 1 aliphatic heterocycles. The van der Waals surface area contributed by atoms with Gasteiger partial charge in [-0.25, -0.2) is 9.18 Å². The largest absolute Gasteiger partial charge is 0.458 e. The van der Waals surface area contributed by atoms with Crippen molar-refractivity contribution < 1.29 is 18.7 Å². The summed E-state index contributed by atoms with van der Waals surface area (Å²) in [7, 11) is 0. The lowest BCUT2D eigenvalue weighted by atomic mass is 10.2. The summed E-state index contributed by atoms with van der Waals surface area (Å²) in [6.07, 6.45) is -0.198. The van der Waals surface area contributed by atoms with Crippen LogP contribution in [-0.4, -0.2) is 49.8 Å². The molecule has 1 aromatic carbocycles. The van der Waals surface area contributed by atoms with Crippen molar-refractivity contribution in [2.24, 2.45) is 0 Å². The summed E-state index contributed by atoms with van der Waals surface area (Å²) in [5, 5.41) is 0. The fourth-order valence-corrected chi connectivity index (χ4v) is 2.02. The lowest BCUT2D eigenvalue weighted by Gasteiger charge is -2.28. The minimum Gasteiger partial charge on any atom is -0.458 e. The maximum Gasteiger partial charge on any atom is 0.338 e. The molecule has 1 saturated heterocycles. The fourth-order valence-electron chi connectivity index (χ4n) is 2.02. The van der Waals surface area contributed by atoms with E-state index in [2.05, 4.69) is 4.90 Å². The molecule has 104 valence electrons. The second kappa shape index (κ2) is 6.63. The summed E-state index contributed by atoms with van der Waals surface area (Å²) in [5.41, 5.74) is 0.371. The van der Waals surface area contributed by atoms with Crippen LogP contribution in [0.3, 0.4) is 0 Å². The van der Waals surface area contributed by atoms with Gasteiger partial charge in [0, 0.05) is 19.6 Å². The van der Waals surface area contributed by atoms with E-state index < -0.39 is 5.97 Å². The normalized spacial score (nSPS) is 18.0. The summed E-state index contributed by atoms with van der Waals surface area (Å²) < 4.78 is 23.3. The van der Waals surface area contributed by atoms with Gasteiger partial charge in [-0.15, -0.1) is 0 Å². The van der Waals surface area contributed by atoms with Gasteiger partial charge in [0.2, 0.25) is 0 Å². The van der Waals surface area contributed by atoms with E-state index in [1.165, 1.54) is 24.3 Å². The Morgan fingerprint density at radius 3 is 2.63 bits per heavy atom. The molecule has 0 aromatic heterocycles. The Balaban J connectivity index is 1.82. The summed E-state index contributed by atoms with van der Waals surface area (Å²) in [5.74, 6) is -0.779. The van der Waals surface area contributed by atoms with E-state index in [1.807, 2.05) is 6.92 Å². The van der Waals surface area contributed by atoms with Crippen LogP contribution in [0, 0.1) is 5.82 Å². The quantitative estimate of drug-likeness (QED) is 0.778. The number of hydrogen-bond donors (Lipinski definition) is 0. The molecule has 4 nitrogen and oxygen atoms in total. The van der Waals surface area contributed by atoms with E-state index in [9.17, 15) is 9.18 Å². The Morgan fingerprint density at radius 1 is 1.37 bits per heavy atom. The summed E-state index contributed by atoms with van der Waals surface area (Å²) >= 11 is 0. The predicted octanol–water partition coefficient (Wildman–Crippen LogP) is 1.70. The number of morpholine rings is 1. The molecule has 0 spiro atoms. The number of halogens is 1. The number of hydrogen-bond acceptors (Lipinski definition) is 4. The van der Waals surface area contributed by atoms with Gasteiger partial charge < -0.3 is 9.47 Å². The number of benzene rings is 1. The van der Waals surface area contributed by atoms with Crippen LogP contribution in [0.2, 0.25) is 0 Å². The Kier molecular flexibility index (Phi) is 4.87. The molecular formula is C14H18FNO3. The molecule has 1 fully saturated rings. The Labute approximate surface area is 112 Å². The highest BCUT2D eigenvalue weighted by atomic mass is 19.1. The highest BCUT2D eigenvalue weighted by molar-refractivity contribution is 5.89. The van der Waals surface area contributed by atoms with Crippen LogP contribution in [0.1, 0.15) is 17.3 Å². The average Bonchev–Trinajstić information content (AvgIpc) is 2.40. The monoisotopic (exact) mass is 267 g/mol. The summed E-state index contributed by atoms with van der Waals surface area (Å²) in [6, 6.07) is 5.37. The molecule has 1 atom stereocenters. The number of carbonyl (C=O) groups excluding carboxylic acids is 1. The van der Waals surface area contributed by atoms with Crippen LogP contribution in [0.15, 0.2) is 24.3 Å². The van der Waals surface area contributed by atoms with Crippen molar-refractivity contribution in [2.75, 3.05) is 32.8 Å². The number of carbonyl (C=O) groups is 1. The average molecular weight is 267 g/mol. The molecule has 0 N–H and O–H groups in total. The van der Waals surface area contributed by atoms with Crippen LogP contribution in [-0.2, 0) is 9.47 Å². The smallest absolute Gasteiger partial charge is 0.338 e. The van der Waals surface area contributed by atoms with Crippen molar-refractivity contribution in [3.8, 4) is 0 Å². The topological polar surface area (TPSA) is 38.8 Å². The molecule has 0 aliphatic carbocycles. The SMILES string of the molecule is C[C@@H](CN1CCOCC1)OC(=O)c1ccc(F)cc1. The second-order valence-corrected chi connectivity index (χ2v) is 4.64. The number of ether oxygens (including phenoxy) is 2. The zero-order valence-corrected chi connectivity index (χ0v) is 11.0. The third-order valence-electron chi connectivity index (χ3n) is 3.01. The summed E-state index contributed by atoms with van der Waals surface area (Å²) in [4.78, 5) is 14.0. The lowest BCUT2D eigenvalue weighted by Crippen LogP contribution is -2.41. The zero-order valence-electron chi connectivity index (χ0n) is 11.0. The zero-order chi connectivity index (χ0) is 13.7. The maximum atomic E-state index is 12.8. The predicted molar refractivity (Wildman–Crippen MR) is 68.5 cm³/mol. The highest BCUT2D eigenvalue weighted by Gasteiger charge is 2.17. The van der Waals surface area contributed by atoms with Crippen molar-refractivity contribution in [1.82, 2.24) is 4.90 Å². The van der Waals surface area contributed by atoms with Gasteiger partial charge in [0.1, 0.15) is 11.9 Å². The van der Waals surface area contributed by atoms with Crippen molar-refractivity contribution in [3.05, 3.63) is 35.6 Å². The highest BCUT2D eigenvalue weighted by Crippen LogP contribution is 2.08. The number of nitrogens with zero attached hydrogens (tertiary/aromatic N) is 1. The van der Waals surface area contributed by atoms with Crippen LogP contribution in [0.4, 0.5) is 4.39 Å². The Bertz CT molecular complexity index is 415. The molecule has 0 bridgehead atoms. The molecule has 19 heavy (non-hydrogen) atoms. The van der Waals surface area contributed by atoms with Gasteiger partial charge in [0.15, 0.2) is 0 Å². The Morgan fingerprint density at radius 2 is 2.00 bits per heavy atom. The molecule has 1 aromatic rings. The van der Waals surface area contributed by atoms with E-state index in [-0.39, 0.29) is 11.9 Å². The second-order valence-electron chi connectivity index (χ2n) is 4.64. The molecular weight excluding hydrogens is 249 g/mol. The van der Waals surface area contributed by atoms with Crippen molar-refractivity contribution in [3.63, 3.8) is 0 Å². The molecule has 0 radical (unpaired) electrons. The number of rotatable bonds is 4. The molecule has 0 amide bonds. The van der Waals surface area contributed by atoms with Crippen LogP contribution in [0.25, 0.3) is 0 Å². The van der Waals surface area contributed by atoms with Gasteiger partial charge in [-0.1, -0.05) is 0 Å². The third kappa shape index (κ3) is 4.29. The Hall–Kier alpha value is -1.46. The first-order valence-corrected chi connectivity index (χ1v) is 6.42. The summed E-state index contributed by atoms with van der Waals surface area (Å²) in [6.45, 7) is 5.71. The van der Waals surface area contributed by atoms with Gasteiger partial charge >= 0.3 is 5.97 Å². The van der Waals surface area contributed by atoms with E-state index in [0.29, 0.717) is 12.1 Å². The maximum absolute atomic E-state index is 12.8. The van der Waals surface area contributed by atoms with E-state index in [0.717, 1.165) is 26.3 Å². The van der Waals surface area contributed by atoms with Gasteiger partial charge in [0.05, 0.1) is 18.8 Å². The van der Waals surface area contributed by atoms with Gasteiger partial charge in [-0.3, -0.25) is 4.90 Å². The first-order chi connectivity index (χ1) is 9.15. The van der Waals surface area contributed by atoms with E-state index in [4.69, 9.17) is 9.47 Å². The van der Waals surface area contributed by atoms with Crippen molar-refractivity contribution in [1.29, 1.82) is 0 Å². The van der Waals surface area contributed by atoms with Crippen molar-refractivity contribution in [2.45, 2.75) is 13.0 Å². The van der Waals surface area contributed by atoms with Gasteiger partial charge in [0.25, 0.3) is 0 Å². The number of esters is 1. The third-order valence-corrected chi connectivity index (χ3v) is 3.01. The van der Waals surface area contributed by atoms with Crippen LogP contribution < -0.4 is 0 Å². The molecule has 5 heteroatoms. The standard InChI is InChI=1S/C14H18FNO3/c1-11(10-16-6-8-18-9-7-16)19-14(17)12-2-4-13(15)5-3-12/h2-5,11H,6-10H2,1H3/t11-/m0/s1. The van der Waals surface area contributed by atoms with Crippen LogP contribution >= 0.6 is 0 Å². The molecule has 2 rings (SSSR count). The van der Waals surface area contributed by atoms with Gasteiger partial charge in [-0.2, -0.15) is 0 Å². The molecule has 1 aliphatic rings. The molecule has 1 heterocycles. The first-order valence-electron chi connectivity index (χ1n) is 6.42. The van der Waals surface area contributed by atoms with Crippen LogP contribution in [0.5, 0.6) is 0 Å².